The Balaban J connectivity index is 1.87. The van der Waals surface area contributed by atoms with Crippen LogP contribution >= 0.6 is 0 Å². The number of pyridine rings is 1. The van der Waals surface area contributed by atoms with Crippen molar-refractivity contribution in [1.82, 2.24) is 9.47 Å². The van der Waals surface area contributed by atoms with E-state index in [9.17, 15) is 19.1 Å². The Bertz CT molecular complexity index is 1160. The lowest BCUT2D eigenvalue weighted by molar-refractivity contribution is 0.0695. The van der Waals surface area contributed by atoms with Crippen molar-refractivity contribution >= 4 is 22.6 Å². The van der Waals surface area contributed by atoms with Gasteiger partial charge in [0.25, 0.3) is 0 Å². The Kier molecular flexibility index (Phi) is 5.30. The fraction of sp³-hybridized carbons (Fsp3) is 0.304. The van der Waals surface area contributed by atoms with Crippen LogP contribution in [0.1, 0.15) is 21.5 Å². The van der Waals surface area contributed by atoms with Crippen LogP contribution in [0.3, 0.4) is 0 Å². The number of anilines is 1. The van der Waals surface area contributed by atoms with Crippen LogP contribution in [0, 0.1) is 12.7 Å². The van der Waals surface area contributed by atoms with Crippen LogP contribution in [0.4, 0.5) is 10.1 Å². The van der Waals surface area contributed by atoms with Crippen molar-refractivity contribution in [3.05, 3.63) is 75.3 Å². The Morgan fingerprint density at radius 3 is 2.40 bits per heavy atom. The number of halogens is 1. The largest absolute Gasteiger partial charge is 0.477 e. The normalized spacial score (nSPS) is 15.0. The number of aryl methyl sites for hydroxylation is 1. The highest BCUT2D eigenvalue weighted by Gasteiger charge is 2.21. The molecule has 156 valence electrons. The lowest BCUT2D eigenvalue weighted by Crippen LogP contribution is -2.44. The molecule has 2 heterocycles. The van der Waals surface area contributed by atoms with Crippen LogP contribution in [0.5, 0.6) is 0 Å². The van der Waals surface area contributed by atoms with E-state index in [-0.39, 0.29) is 10.9 Å². The van der Waals surface area contributed by atoms with Gasteiger partial charge in [-0.15, -0.1) is 0 Å². The Labute approximate surface area is 173 Å². The molecular formula is C23H24FN3O3. The van der Waals surface area contributed by atoms with E-state index in [4.69, 9.17) is 0 Å². The minimum atomic E-state index is -1.32. The third-order valence-electron chi connectivity index (χ3n) is 5.70. The van der Waals surface area contributed by atoms with E-state index in [1.54, 1.807) is 10.6 Å². The van der Waals surface area contributed by atoms with Gasteiger partial charge in [-0.25, -0.2) is 9.18 Å². The van der Waals surface area contributed by atoms with E-state index in [2.05, 4.69) is 4.90 Å². The van der Waals surface area contributed by atoms with Gasteiger partial charge < -0.3 is 19.5 Å². The second-order valence-electron chi connectivity index (χ2n) is 7.90. The van der Waals surface area contributed by atoms with Crippen LogP contribution in [-0.4, -0.2) is 53.8 Å². The minimum Gasteiger partial charge on any atom is -0.477 e. The number of nitrogens with zero attached hydrogens (tertiary/aromatic N) is 3. The van der Waals surface area contributed by atoms with Crippen molar-refractivity contribution in [1.29, 1.82) is 0 Å². The Morgan fingerprint density at radius 2 is 1.77 bits per heavy atom. The smallest absolute Gasteiger partial charge is 0.341 e. The molecule has 4 rings (SSSR count). The number of aromatic nitrogens is 1. The molecule has 1 N–H and O–H groups in total. The van der Waals surface area contributed by atoms with Crippen LogP contribution in [-0.2, 0) is 6.54 Å². The first-order chi connectivity index (χ1) is 14.3. The highest BCUT2D eigenvalue weighted by molar-refractivity contribution is 5.93. The Hall–Kier alpha value is -3.19. The van der Waals surface area contributed by atoms with Gasteiger partial charge >= 0.3 is 5.97 Å². The number of aromatic carboxylic acids is 1. The molecule has 1 aliphatic rings. The molecule has 2 aromatic carbocycles. The maximum absolute atomic E-state index is 15.0. The van der Waals surface area contributed by atoms with Crippen LogP contribution < -0.4 is 10.3 Å². The molecular weight excluding hydrogens is 385 g/mol. The molecule has 30 heavy (non-hydrogen) atoms. The SMILES string of the molecule is Cc1ccc(Cn2cc(C(=O)O)c(=O)c3cc(F)c(N4CCN(C)CC4)cc32)cc1. The molecule has 6 nitrogen and oxygen atoms in total. The number of carboxylic acids is 1. The molecule has 1 saturated heterocycles. The van der Waals surface area contributed by atoms with Crippen molar-refractivity contribution in [2.45, 2.75) is 13.5 Å². The lowest BCUT2D eigenvalue weighted by atomic mass is 10.1. The number of likely N-dealkylation sites (N-methyl/N-ethyl adjacent to an activating group) is 1. The summed E-state index contributed by atoms with van der Waals surface area (Å²) in [6, 6.07) is 10.7. The molecule has 3 aromatic rings. The van der Waals surface area contributed by atoms with Crippen molar-refractivity contribution in [3.8, 4) is 0 Å². The van der Waals surface area contributed by atoms with Crippen molar-refractivity contribution in [3.63, 3.8) is 0 Å². The summed E-state index contributed by atoms with van der Waals surface area (Å²) >= 11 is 0. The first kappa shape index (κ1) is 20.1. The van der Waals surface area contributed by atoms with Gasteiger partial charge in [-0.1, -0.05) is 29.8 Å². The number of carbonyl (C=O) groups is 1. The molecule has 0 spiro atoms. The summed E-state index contributed by atoms with van der Waals surface area (Å²) in [7, 11) is 2.03. The third kappa shape index (κ3) is 3.80. The maximum atomic E-state index is 15.0. The molecule has 7 heteroatoms. The number of rotatable bonds is 4. The van der Waals surface area contributed by atoms with Crippen molar-refractivity contribution in [2.75, 3.05) is 38.1 Å². The van der Waals surface area contributed by atoms with Crippen LogP contribution in [0.2, 0.25) is 0 Å². The van der Waals surface area contributed by atoms with Gasteiger partial charge in [0.05, 0.1) is 11.2 Å². The van der Waals surface area contributed by atoms with Gasteiger partial charge in [0.2, 0.25) is 5.43 Å². The average Bonchev–Trinajstić information content (AvgIpc) is 2.72. The van der Waals surface area contributed by atoms with Crippen LogP contribution in [0.15, 0.2) is 47.4 Å². The second-order valence-corrected chi connectivity index (χ2v) is 7.90. The topological polar surface area (TPSA) is 65.8 Å². The van der Waals surface area contributed by atoms with Gasteiger partial charge in [0, 0.05) is 44.3 Å². The van der Waals surface area contributed by atoms with Gasteiger partial charge in [0.15, 0.2) is 0 Å². The van der Waals surface area contributed by atoms with Gasteiger partial charge in [-0.3, -0.25) is 4.79 Å². The fourth-order valence-electron chi connectivity index (χ4n) is 3.86. The summed E-state index contributed by atoms with van der Waals surface area (Å²) in [6.07, 6.45) is 1.36. The first-order valence-corrected chi connectivity index (χ1v) is 9.92. The zero-order chi connectivity index (χ0) is 21.4. The highest BCUT2D eigenvalue weighted by atomic mass is 19.1. The van der Waals surface area contributed by atoms with E-state index in [1.807, 2.05) is 43.1 Å². The number of hydrogen-bond donors (Lipinski definition) is 1. The number of hydrogen-bond acceptors (Lipinski definition) is 4. The average molecular weight is 409 g/mol. The standard InChI is InChI=1S/C23H24FN3O3/c1-15-3-5-16(6-4-15)13-27-14-18(23(29)30)22(28)17-11-19(24)21(12-20(17)27)26-9-7-25(2)8-10-26/h3-6,11-12,14H,7-10,13H2,1-2H3,(H,29,30). The zero-order valence-corrected chi connectivity index (χ0v) is 17.1. The Morgan fingerprint density at radius 1 is 1.10 bits per heavy atom. The molecule has 1 fully saturated rings. The summed E-state index contributed by atoms with van der Waals surface area (Å²) in [5, 5.41) is 9.57. The molecule has 0 amide bonds. The number of fused-ring (bicyclic) bond motifs is 1. The number of carboxylic acid groups (broad SMARTS) is 1. The number of benzene rings is 2. The quantitative estimate of drug-likeness (QED) is 0.718. The minimum absolute atomic E-state index is 0.0809. The molecule has 0 unspecified atom stereocenters. The molecule has 0 saturated carbocycles. The molecule has 1 aromatic heterocycles. The molecule has 0 aliphatic carbocycles. The first-order valence-electron chi connectivity index (χ1n) is 9.92. The fourth-order valence-corrected chi connectivity index (χ4v) is 3.86. The van der Waals surface area contributed by atoms with Gasteiger partial charge in [0.1, 0.15) is 11.4 Å². The molecule has 0 radical (unpaired) electrons. The summed E-state index contributed by atoms with van der Waals surface area (Å²) in [5.41, 5.74) is 2.03. The summed E-state index contributed by atoms with van der Waals surface area (Å²) in [5.74, 6) is -1.82. The third-order valence-corrected chi connectivity index (χ3v) is 5.70. The van der Waals surface area contributed by atoms with E-state index < -0.39 is 17.2 Å². The van der Waals surface area contributed by atoms with Gasteiger partial charge in [-0.05, 0) is 31.7 Å². The maximum Gasteiger partial charge on any atom is 0.341 e. The summed E-state index contributed by atoms with van der Waals surface area (Å²) in [6.45, 7) is 5.40. The van der Waals surface area contributed by atoms with E-state index in [0.29, 0.717) is 30.8 Å². The van der Waals surface area contributed by atoms with E-state index in [0.717, 1.165) is 24.2 Å². The molecule has 0 bridgehead atoms. The monoisotopic (exact) mass is 409 g/mol. The molecule has 0 atom stereocenters. The second kappa shape index (κ2) is 7.91. The predicted molar refractivity (Wildman–Crippen MR) is 115 cm³/mol. The molecule has 1 aliphatic heterocycles. The van der Waals surface area contributed by atoms with Crippen LogP contribution in [0.25, 0.3) is 10.9 Å². The lowest BCUT2D eigenvalue weighted by Gasteiger charge is -2.34. The predicted octanol–water partition coefficient (Wildman–Crippen LogP) is 2.95. The van der Waals surface area contributed by atoms with E-state index >= 15 is 0 Å². The highest BCUT2D eigenvalue weighted by Crippen LogP contribution is 2.26. The van der Waals surface area contributed by atoms with E-state index in [1.165, 1.54) is 12.3 Å². The summed E-state index contributed by atoms with van der Waals surface area (Å²) < 4.78 is 16.7. The van der Waals surface area contributed by atoms with Crippen molar-refractivity contribution in [2.24, 2.45) is 0 Å². The zero-order valence-electron chi connectivity index (χ0n) is 17.1. The summed E-state index contributed by atoms with van der Waals surface area (Å²) in [4.78, 5) is 28.5. The van der Waals surface area contributed by atoms with Gasteiger partial charge in [-0.2, -0.15) is 0 Å². The van der Waals surface area contributed by atoms with Crippen molar-refractivity contribution < 1.29 is 14.3 Å². The number of piperazine rings is 1.